The summed E-state index contributed by atoms with van der Waals surface area (Å²) < 4.78 is 25.0. The fourth-order valence-electron chi connectivity index (χ4n) is 1.90. The van der Waals surface area contributed by atoms with E-state index in [0.29, 0.717) is 5.69 Å². The van der Waals surface area contributed by atoms with Gasteiger partial charge in [0.15, 0.2) is 0 Å². The highest BCUT2D eigenvalue weighted by Crippen LogP contribution is 2.35. The number of nitrogens with one attached hydrogen (secondary N) is 1. The van der Waals surface area contributed by atoms with E-state index in [-0.39, 0.29) is 4.88 Å². The second kappa shape index (κ2) is 5.08. The molecule has 2 aromatic rings. The molecule has 0 unspecified atom stereocenters. The summed E-state index contributed by atoms with van der Waals surface area (Å²) >= 11 is 1.19. The number of aromatic nitrogens is 1. The lowest BCUT2D eigenvalue weighted by atomic mass is 10.2. The van der Waals surface area contributed by atoms with Gasteiger partial charge in [-0.3, -0.25) is 9.78 Å². The van der Waals surface area contributed by atoms with Crippen LogP contribution in [-0.4, -0.2) is 23.9 Å². The number of thiophene rings is 1. The van der Waals surface area contributed by atoms with E-state index < -0.39 is 18.9 Å². The summed E-state index contributed by atoms with van der Waals surface area (Å²) in [4.78, 5) is 16.3. The summed E-state index contributed by atoms with van der Waals surface area (Å²) in [5.41, 5.74) is 7.78. The number of hydrogen-bond donors (Lipinski definition) is 2. The van der Waals surface area contributed by atoms with E-state index >= 15 is 0 Å². The van der Waals surface area contributed by atoms with E-state index in [0.717, 1.165) is 21.5 Å². The van der Waals surface area contributed by atoms with Gasteiger partial charge in [-0.15, -0.1) is 11.3 Å². The third kappa shape index (κ3) is 2.65. The number of hydrogen-bond acceptors (Lipinski definition) is 4. The molecule has 0 aromatic carbocycles. The van der Waals surface area contributed by atoms with E-state index in [9.17, 15) is 13.6 Å². The molecule has 0 aliphatic heterocycles. The van der Waals surface area contributed by atoms with Crippen LogP contribution in [0.3, 0.4) is 0 Å². The minimum atomic E-state index is -2.58. The van der Waals surface area contributed by atoms with Crippen LogP contribution in [0.2, 0.25) is 0 Å². The second-order valence-corrected chi connectivity index (χ2v) is 5.22. The monoisotopic (exact) mass is 285 g/mol. The predicted octanol–water partition coefficient (Wildman–Crippen LogP) is 2.49. The SMILES string of the molecule is Cc1cc2sc(C(=O)NCC(F)F)c(N)c2c(C)n1. The van der Waals surface area contributed by atoms with Crippen LogP contribution in [0.5, 0.6) is 0 Å². The van der Waals surface area contributed by atoms with Crippen LogP contribution in [0.15, 0.2) is 6.07 Å². The Hall–Kier alpha value is -1.76. The quantitative estimate of drug-likeness (QED) is 0.910. The number of pyridine rings is 1. The first-order valence-electron chi connectivity index (χ1n) is 5.62. The first kappa shape index (κ1) is 13.7. The van der Waals surface area contributed by atoms with Crippen molar-refractivity contribution >= 4 is 33.0 Å². The number of halogens is 2. The van der Waals surface area contributed by atoms with E-state index in [1.807, 2.05) is 13.0 Å². The molecule has 2 heterocycles. The summed E-state index contributed by atoms with van der Waals surface area (Å²) in [7, 11) is 0. The number of rotatable bonds is 3. The van der Waals surface area contributed by atoms with Crippen LogP contribution in [0, 0.1) is 13.8 Å². The van der Waals surface area contributed by atoms with E-state index in [1.54, 1.807) is 6.92 Å². The first-order valence-corrected chi connectivity index (χ1v) is 6.44. The number of aryl methyl sites for hydroxylation is 2. The van der Waals surface area contributed by atoms with Crippen LogP contribution in [0.1, 0.15) is 21.1 Å². The lowest BCUT2D eigenvalue weighted by Crippen LogP contribution is -2.28. The fourth-order valence-corrected chi connectivity index (χ4v) is 3.08. The molecule has 0 atom stereocenters. The molecule has 7 heteroatoms. The van der Waals surface area contributed by atoms with Gasteiger partial charge in [0.05, 0.1) is 12.2 Å². The highest BCUT2D eigenvalue weighted by molar-refractivity contribution is 7.21. The Balaban J connectivity index is 2.42. The van der Waals surface area contributed by atoms with Crippen molar-refractivity contribution in [1.82, 2.24) is 10.3 Å². The summed E-state index contributed by atoms with van der Waals surface area (Å²) in [6, 6.07) is 1.83. The maximum Gasteiger partial charge on any atom is 0.263 e. The number of carbonyl (C=O) groups is 1. The molecule has 19 heavy (non-hydrogen) atoms. The van der Waals surface area contributed by atoms with Crippen molar-refractivity contribution in [3.05, 3.63) is 22.3 Å². The molecule has 0 saturated carbocycles. The molecule has 4 nitrogen and oxygen atoms in total. The predicted molar refractivity (Wildman–Crippen MR) is 71.8 cm³/mol. The number of amides is 1. The molecule has 0 saturated heterocycles. The Bertz CT molecular complexity index is 639. The maximum absolute atomic E-state index is 12.1. The number of fused-ring (bicyclic) bond motifs is 1. The normalized spacial score (nSPS) is 11.2. The van der Waals surface area contributed by atoms with E-state index in [4.69, 9.17) is 5.73 Å². The van der Waals surface area contributed by atoms with Crippen LogP contribution < -0.4 is 11.1 Å². The molecular weight excluding hydrogens is 272 g/mol. The van der Waals surface area contributed by atoms with Crippen molar-refractivity contribution in [1.29, 1.82) is 0 Å². The van der Waals surface area contributed by atoms with Gasteiger partial charge in [0.25, 0.3) is 12.3 Å². The Morgan fingerprint density at radius 1 is 1.53 bits per heavy atom. The van der Waals surface area contributed by atoms with Gasteiger partial charge in [-0.2, -0.15) is 0 Å². The van der Waals surface area contributed by atoms with E-state index in [1.165, 1.54) is 11.3 Å². The molecule has 0 aliphatic rings. The number of nitrogen functional groups attached to an aromatic ring is 1. The summed E-state index contributed by atoms with van der Waals surface area (Å²) in [6.45, 7) is 2.97. The molecule has 0 radical (unpaired) electrons. The molecule has 2 rings (SSSR count). The molecule has 102 valence electrons. The fraction of sp³-hybridized carbons (Fsp3) is 0.333. The van der Waals surface area contributed by atoms with Gasteiger partial charge in [0.2, 0.25) is 0 Å². The van der Waals surface area contributed by atoms with E-state index in [2.05, 4.69) is 10.3 Å². The van der Waals surface area contributed by atoms with Crippen molar-refractivity contribution in [3.8, 4) is 0 Å². The summed E-state index contributed by atoms with van der Waals surface area (Å²) in [6.07, 6.45) is -2.58. The van der Waals surface area contributed by atoms with Gasteiger partial charge >= 0.3 is 0 Å². The number of nitrogens with two attached hydrogens (primary N) is 1. The first-order chi connectivity index (χ1) is 8.90. The average molecular weight is 285 g/mol. The Morgan fingerprint density at radius 2 is 2.21 bits per heavy atom. The molecule has 0 aliphatic carbocycles. The molecule has 0 fully saturated rings. The van der Waals surface area contributed by atoms with Crippen LogP contribution in [0.25, 0.3) is 10.1 Å². The molecule has 0 spiro atoms. The van der Waals surface area contributed by atoms with Gasteiger partial charge in [-0.05, 0) is 19.9 Å². The maximum atomic E-state index is 12.1. The number of nitrogens with zero attached hydrogens (tertiary/aromatic N) is 1. The third-order valence-electron chi connectivity index (χ3n) is 2.64. The zero-order chi connectivity index (χ0) is 14.2. The Labute approximate surface area is 112 Å². The largest absolute Gasteiger partial charge is 0.397 e. The van der Waals surface area contributed by atoms with Crippen molar-refractivity contribution in [3.63, 3.8) is 0 Å². The number of alkyl halides is 2. The minimum Gasteiger partial charge on any atom is -0.397 e. The zero-order valence-corrected chi connectivity index (χ0v) is 11.3. The molecule has 1 amide bonds. The van der Waals surface area contributed by atoms with Gasteiger partial charge in [0, 0.05) is 21.5 Å². The number of anilines is 1. The van der Waals surface area contributed by atoms with Crippen molar-refractivity contribution in [2.75, 3.05) is 12.3 Å². The van der Waals surface area contributed by atoms with Crippen LogP contribution >= 0.6 is 11.3 Å². The highest BCUT2D eigenvalue weighted by Gasteiger charge is 2.19. The summed E-state index contributed by atoms with van der Waals surface area (Å²) in [5.74, 6) is -0.573. The van der Waals surface area contributed by atoms with Gasteiger partial charge in [0.1, 0.15) is 4.88 Å². The van der Waals surface area contributed by atoms with Crippen LogP contribution in [0.4, 0.5) is 14.5 Å². The lowest BCUT2D eigenvalue weighted by Gasteiger charge is -2.03. The Morgan fingerprint density at radius 3 is 2.84 bits per heavy atom. The van der Waals surface area contributed by atoms with Crippen molar-refractivity contribution < 1.29 is 13.6 Å². The molecular formula is C12H13F2N3OS. The standard InChI is InChI=1S/C12H13F2N3OS/c1-5-3-7-9(6(2)17-5)10(15)11(19-7)12(18)16-4-8(13)14/h3,8H,4,15H2,1-2H3,(H,16,18). The summed E-state index contributed by atoms with van der Waals surface area (Å²) in [5, 5.41) is 2.88. The lowest BCUT2D eigenvalue weighted by molar-refractivity contribution is 0.0896. The van der Waals surface area contributed by atoms with Gasteiger partial charge < -0.3 is 11.1 Å². The molecule has 2 aromatic heterocycles. The molecule has 3 N–H and O–H groups in total. The topological polar surface area (TPSA) is 68.0 Å². The average Bonchev–Trinajstić information content (AvgIpc) is 2.63. The highest BCUT2D eigenvalue weighted by atomic mass is 32.1. The van der Waals surface area contributed by atoms with Crippen molar-refractivity contribution in [2.24, 2.45) is 0 Å². The van der Waals surface area contributed by atoms with Crippen LogP contribution in [-0.2, 0) is 0 Å². The smallest absolute Gasteiger partial charge is 0.263 e. The Kier molecular flexibility index (Phi) is 3.66. The zero-order valence-electron chi connectivity index (χ0n) is 10.5. The third-order valence-corrected chi connectivity index (χ3v) is 3.79. The number of carbonyl (C=O) groups excluding carboxylic acids is 1. The van der Waals surface area contributed by atoms with Gasteiger partial charge in [-0.1, -0.05) is 0 Å². The van der Waals surface area contributed by atoms with Gasteiger partial charge in [-0.25, -0.2) is 8.78 Å². The second-order valence-electron chi connectivity index (χ2n) is 4.17. The minimum absolute atomic E-state index is 0.256. The molecule has 0 bridgehead atoms. The van der Waals surface area contributed by atoms with Crippen molar-refractivity contribution in [2.45, 2.75) is 20.3 Å².